The highest BCUT2D eigenvalue weighted by atomic mass is 35.5. The predicted molar refractivity (Wildman–Crippen MR) is 92.1 cm³/mol. The SMILES string of the molecule is C[C@H](OC(=O)[C@H](C)Oc1ccccc1)C(=O)Nc1ccc(F)cc1Cl. The van der Waals surface area contributed by atoms with Crippen LogP contribution in [-0.4, -0.2) is 24.1 Å². The highest BCUT2D eigenvalue weighted by molar-refractivity contribution is 6.33. The molecule has 0 aliphatic carbocycles. The van der Waals surface area contributed by atoms with Gasteiger partial charge in [0, 0.05) is 0 Å². The zero-order valence-corrected chi connectivity index (χ0v) is 14.4. The fourth-order valence-corrected chi connectivity index (χ4v) is 2.11. The average molecular weight is 366 g/mol. The zero-order valence-electron chi connectivity index (χ0n) is 13.7. The molecule has 0 aromatic heterocycles. The Labute approximate surface area is 149 Å². The first-order valence-electron chi connectivity index (χ1n) is 7.55. The van der Waals surface area contributed by atoms with E-state index in [9.17, 15) is 14.0 Å². The van der Waals surface area contributed by atoms with E-state index in [0.29, 0.717) is 5.75 Å². The van der Waals surface area contributed by atoms with Gasteiger partial charge in [-0.15, -0.1) is 0 Å². The van der Waals surface area contributed by atoms with Gasteiger partial charge < -0.3 is 14.8 Å². The van der Waals surface area contributed by atoms with Crippen molar-refractivity contribution >= 4 is 29.2 Å². The van der Waals surface area contributed by atoms with Gasteiger partial charge in [-0.1, -0.05) is 29.8 Å². The number of esters is 1. The minimum Gasteiger partial charge on any atom is -0.479 e. The highest BCUT2D eigenvalue weighted by Gasteiger charge is 2.23. The van der Waals surface area contributed by atoms with Crippen LogP contribution >= 0.6 is 11.6 Å². The molecule has 0 fully saturated rings. The van der Waals surface area contributed by atoms with Crippen molar-refractivity contribution in [3.05, 3.63) is 59.4 Å². The zero-order chi connectivity index (χ0) is 18.4. The first-order valence-corrected chi connectivity index (χ1v) is 7.92. The molecule has 2 aromatic rings. The van der Waals surface area contributed by atoms with E-state index in [1.165, 1.54) is 19.9 Å². The number of halogens is 2. The molecule has 5 nitrogen and oxygen atoms in total. The van der Waals surface area contributed by atoms with Gasteiger partial charge in [-0.2, -0.15) is 0 Å². The van der Waals surface area contributed by atoms with E-state index in [1.807, 2.05) is 6.07 Å². The lowest BCUT2D eigenvalue weighted by Gasteiger charge is -2.18. The summed E-state index contributed by atoms with van der Waals surface area (Å²) in [6.07, 6.45) is -1.96. The maximum absolute atomic E-state index is 13.0. The van der Waals surface area contributed by atoms with E-state index in [2.05, 4.69) is 5.32 Å². The molecule has 2 aromatic carbocycles. The molecule has 2 atom stereocenters. The van der Waals surface area contributed by atoms with E-state index < -0.39 is 29.9 Å². The molecule has 0 aliphatic rings. The molecule has 132 valence electrons. The second-order valence-corrected chi connectivity index (χ2v) is 5.67. The molecule has 25 heavy (non-hydrogen) atoms. The second-order valence-electron chi connectivity index (χ2n) is 5.27. The summed E-state index contributed by atoms with van der Waals surface area (Å²) in [5.74, 6) is -1.28. The van der Waals surface area contributed by atoms with Crippen LogP contribution in [0, 0.1) is 5.82 Å². The van der Waals surface area contributed by atoms with Crippen LogP contribution in [0.15, 0.2) is 48.5 Å². The summed E-state index contributed by atoms with van der Waals surface area (Å²) in [5.41, 5.74) is 0.226. The van der Waals surface area contributed by atoms with Gasteiger partial charge in [0.15, 0.2) is 12.2 Å². The Bertz CT molecular complexity index is 754. The summed E-state index contributed by atoms with van der Waals surface area (Å²) in [6.45, 7) is 2.94. The molecule has 0 aliphatic heterocycles. The van der Waals surface area contributed by atoms with Crippen molar-refractivity contribution in [3.8, 4) is 5.75 Å². The summed E-state index contributed by atoms with van der Waals surface area (Å²) >= 11 is 5.84. The van der Waals surface area contributed by atoms with Gasteiger partial charge in [-0.25, -0.2) is 9.18 Å². The summed E-state index contributed by atoms with van der Waals surface area (Å²) in [4.78, 5) is 24.1. The van der Waals surface area contributed by atoms with Crippen molar-refractivity contribution < 1.29 is 23.5 Å². The average Bonchev–Trinajstić information content (AvgIpc) is 2.58. The molecule has 1 N–H and O–H groups in total. The second kappa shape index (κ2) is 8.48. The van der Waals surface area contributed by atoms with Crippen LogP contribution in [0.4, 0.5) is 10.1 Å². The number of ether oxygens (including phenoxy) is 2. The van der Waals surface area contributed by atoms with Crippen molar-refractivity contribution in [1.82, 2.24) is 0 Å². The maximum Gasteiger partial charge on any atom is 0.347 e. The van der Waals surface area contributed by atoms with Crippen molar-refractivity contribution in [3.63, 3.8) is 0 Å². The third-order valence-corrected chi connectivity index (χ3v) is 3.55. The molecule has 0 saturated heterocycles. The molecule has 7 heteroatoms. The maximum atomic E-state index is 13.0. The lowest BCUT2D eigenvalue weighted by molar-refractivity contribution is -0.159. The van der Waals surface area contributed by atoms with Gasteiger partial charge in [0.1, 0.15) is 11.6 Å². The predicted octanol–water partition coefficient (Wildman–Crippen LogP) is 3.82. The van der Waals surface area contributed by atoms with E-state index in [0.717, 1.165) is 12.1 Å². The molecule has 0 saturated carbocycles. The Kier molecular flexibility index (Phi) is 6.36. The normalized spacial score (nSPS) is 12.8. The van der Waals surface area contributed by atoms with Gasteiger partial charge in [-0.05, 0) is 44.2 Å². The number of amides is 1. The monoisotopic (exact) mass is 365 g/mol. The minimum absolute atomic E-state index is 0.0488. The van der Waals surface area contributed by atoms with E-state index in [1.54, 1.807) is 24.3 Å². The van der Waals surface area contributed by atoms with Crippen LogP contribution in [0.25, 0.3) is 0 Å². The van der Waals surface area contributed by atoms with Crippen LogP contribution in [0.1, 0.15) is 13.8 Å². The quantitative estimate of drug-likeness (QED) is 0.790. The number of benzene rings is 2. The summed E-state index contributed by atoms with van der Waals surface area (Å²) in [6, 6.07) is 12.3. The van der Waals surface area contributed by atoms with Gasteiger partial charge in [0.2, 0.25) is 0 Å². The van der Waals surface area contributed by atoms with E-state index in [-0.39, 0.29) is 10.7 Å². The Morgan fingerprint density at radius 2 is 1.76 bits per heavy atom. The van der Waals surface area contributed by atoms with Crippen LogP contribution < -0.4 is 10.1 Å². The van der Waals surface area contributed by atoms with Crippen LogP contribution in [0.5, 0.6) is 5.75 Å². The lowest BCUT2D eigenvalue weighted by atomic mass is 10.3. The van der Waals surface area contributed by atoms with Crippen LogP contribution in [-0.2, 0) is 14.3 Å². The number of carbonyl (C=O) groups is 2. The van der Waals surface area contributed by atoms with Gasteiger partial charge in [0.25, 0.3) is 5.91 Å². The number of hydrogen-bond donors (Lipinski definition) is 1. The van der Waals surface area contributed by atoms with E-state index in [4.69, 9.17) is 21.1 Å². The Hall–Kier alpha value is -2.60. The highest BCUT2D eigenvalue weighted by Crippen LogP contribution is 2.22. The Morgan fingerprint density at radius 3 is 2.40 bits per heavy atom. The number of rotatable bonds is 6. The van der Waals surface area contributed by atoms with Crippen molar-refractivity contribution in [2.45, 2.75) is 26.1 Å². The first kappa shape index (κ1) is 18.7. The van der Waals surface area contributed by atoms with Crippen LogP contribution in [0.3, 0.4) is 0 Å². The molecule has 0 bridgehead atoms. The molecule has 0 spiro atoms. The summed E-state index contributed by atoms with van der Waals surface area (Å²) in [7, 11) is 0. The van der Waals surface area contributed by atoms with Crippen molar-refractivity contribution in [2.75, 3.05) is 5.32 Å². The van der Waals surface area contributed by atoms with Crippen molar-refractivity contribution in [2.24, 2.45) is 0 Å². The Balaban J connectivity index is 1.90. The number of para-hydroxylation sites is 1. The van der Waals surface area contributed by atoms with Gasteiger partial charge >= 0.3 is 5.97 Å². The largest absolute Gasteiger partial charge is 0.479 e. The van der Waals surface area contributed by atoms with Crippen molar-refractivity contribution in [1.29, 1.82) is 0 Å². The molecular weight excluding hydrogens is 349 g/mol. The molecule has 0 radical (unpaired) electrons. The first-order chi connectivity index (χ1) is 11.9. The molecule has 0 unspecified atom stereocenters. The molecule has 2 rings (SSSR count). The van der Waals surface area contributed by atoms with E-state index >= 15 is 0 Å². The molecule has 1 amide bonds. The number of hydrogen-bond acceptors (Lipinski definition) is 4. The number of carbonyl (C=O) groups excluding carboxylic acids is 2. The number of anilines is 1. The van der Waals surface area contributed by atoms with Crippen LogP contribution in [0.2, 0.25) is 5.02 Å². The molecule has 0 heterocycles. The lowest BCUT2D eigenvalue weighted by Crippen LogP contribution is -2.35. The summed E-state index contributed by atoms with van der Waals surface area (Å²) in [5, 5.41) is 2.52. The fourth-order valence-electron chi connectivity index (χ4n) is 1.90. The van der Waals surface area contributed by atoms with Gasteiger partial charge in [0.05, 0.1) is 10.7 Å². The topological polar surface area (TPSA) is 64.6 Å². The third kappa shape index (κ3) is 5.46. The molecular formula is C18H17ClFNO4. The fraction of sp³-hybridized carbons (Fsp3) is 0.222. The smallest absolute Gasteiger partial charge is 0.347 e. The summed E-state index contributed by atoms with van der Waals surface area (Å²) < 4.78 is 23.5. The third-order valence-electron chi connectivity index (χ3n) is 3.24. The van der Waals surface area contributed by atoms with Gasteiger partial charge in [-0.3, -0.25) is 4.79 Å². The standard InChI is InChI=1S/C18H17ClFNO4/c1-11(17(22)21-16-9-8-13(20)10-15(16)19)25-18(23)12(2)24-14-6-4-3-5-7-14/h3-12H,1-2H3,(H,21,22)/t11-,12-/m0/s1. The Morgan fingerprint density at radius 1 is 1.08 bits per heavy atom. The minimum atomic E-state index is -1.07. The number of nitrogens with one attached hydrogen (secondary N) is 1.